The molecule has 13 atom stereocenters. The van der Waals surface area contributed by atoms with E-state index in [2.05, 4.69) is 0 Å². The molecule has 3 fully saturated rings. The fraction of sp³-hybridized carbons (Fsp3) is 1.00. The van der Waals surface area contributed by atoms with Crippen LogP contribution < -0.4 is 22.9 Å². The van der Waals surface area contributed by atoms with Gasteiger partial charge in [-0.15, -0.1) is 0 Å². The van der Waals surface area contributed by atoms with Gasteiger partial charge >= 0.3 is 0 Å². The molecule has 0 amide bonds. The highest BCUT2D eigenvalue weighted by molar-refractivity contribution is 4.95. The number of hydrogen-bond acceptors (Lipinski definition) is 13. The molecule has 2 heterocycles. The van der Waals surface area contributed by atoms with E-state index in [1.807, 2.05) is 0 Å². The molecule has 13 N–H and O–H groups in total. The lowest BCUT2D eigenvalue weighted by Crippen LogP contribution is -2.63. The summed E-state index contributed by atoms with van der Waals surface area (Å²) in [5, 5.41) is 50.5. The Hall–Kier alpha value is -0.520. The number of nitrogens with two attached hydrogens (primary N) is 4. The van der Waals surface area contributed by atoms with E-state index in [0.717, 1.165) is 0 Å². The van der Waals surface area contributed by atoms with Crippen molar-refractivity contribution in [3.05, 3.63) is 0 Å². The topological polar surface area (TPSA) is 242 Å². The van der Waals surface area contributed by atoms with Crippen LogP contribution in [0.4, 0.5) is 0 Å². The van der Waals surface area contributed by atoms with Crippen molar-refractivity contribution in [2.75, 3.05) is 13.1 Å². The Kier molecular flexibility index (Phi) is 8.59. The molecule has 0 spiro atoms. The van der Waals surface area contributed by atoms with Crippen molar-refractivity contribution in [3.8, 4) is 0 Å². The van der Waals surface area contributed by atoms with Crippen molar-refractivity contribution in [2.24, 2.45) is 22.9 Å². The lowest BCUT2D eigenvalue weighted by molar-refractivity contribution is -0.316. The standard InChI is InChI=1S/C18H36N4O9/c19-4-6-1-9(23)13(24)17(28-6)29-10-3-11(8(22)2-7(10)21)30-18-16(27)15(26)14(25)12(5-20)31-18/h6-18,23-27H,1-5,19-22H2/t6?,7-,8?,9+,10?,11-,12?,13-,14+,15?,16+,17?,18?/m1/s1. The Morgan fingerprint density at radius 2 is 1.26 bits per heavy atom. The fourth-order valence-electron chi connectivity index (χ4n) is 4.26. The quantitative estimate of drug-likeness (QED) is 0.183. The summed E-state index contributed by atoms with van der Waals surface area (Å²) in [6.45, 7) is 0.0735. The minimum Gasteiger partial charge on any atom is -0.390 e. The van der Waals surface area contributed by atoms with Gasteiger partial charge in [0, 0.05) is 38.0 Å². The zero-order valence-electron chi connectivity index (χ0n) is 17.2. The molecule has 2 saturated heterocycles. The fourth-order valence-corrected chi connectivity index (χ4v) is 4.26. The van der Waals surface area contributed by atoms with Crippen molar-refractivity contribution in [1.29, 1.82) is 0 Å². The minimum absolute atomic E-state index is 0.0837. The Bertz CT molecular complexity index is 576. The van der Waals surface area contributed by atoms with Gasteiger partial charge in [0.25, 0.3) is 0 Å². The monoisotopic (exact) mass is 452 g/mol. The summed E-state index contributed by atoms with van der Waals surface area (Å²) in [4.78, 5) is 0. The first-order chi connectivity index (χ1) is 14.7. The SMILES string of the molecule is NCC1C[C@H](O)[C@@H](O)C(OC2C[C@@H](OC3OC(CN)[C@H](O)C(O)[C@@H]3O)C(N)C[C@H]2N)O1. The molecule has 0 aromatic rings. The molecule has 3 aliphatic rings. The maximum absolute atomic E-state index is 10.2. The summed E-state index contributed by atoms with van der Waals surface area (Å²) in [5.41, 5.74) is 23.5. The maximum atomic E-state index is 10.2. The van der Waals surface area contributed by atoms with Crippen molar-refractivity contribution in [1.82, 2.24) is 0 Å². The van der Waals surface area contributed by atoms with Crippen LogP contribution in [-0.4, -0.2) is 118 Å². The van der Waals surface area contributed by atoms with E-state index in [1.54, 1.807) is 0 Å². The van der Waals surface area contributed by atoms with Crippen LogP contribution in [0.5, 0.6) is 0 Å². The molecule has 0 bridgehead atoms. The van der Waals surface area contributed by atoms with Crippen molar-refractivity contribution in [2.45, 2.75) is 98.9 Å². The molecule has 13 nitrogen and oxygen atoms in total. The Balaban J connectivity index is 1.65. The van der Waals surface area contributed by atoms with Crippen LogP contribution in [0.15, 0.2) is 0 Å². The summed E-state index contributed by atoms with van der Waals surface area (Å²) in [6.07, 6.45) is -11.1. The largest absolute Gasteiger partial charge is 0.390 e. The molecule has 2 aliphatic heterocycles. The Labute approximate surface area is 180 Å². The van der Waals surface area contributed by atoms with Gasteiger partial charge < -0.3 is 67.4 Å². The number of aliphatic hydroxyl groups is 5. The van der Waals surface area contributed by atoms with Gasteiger partial charge in [-0.3, -0.25) is 0 Å². The molecule has 1 saturated carbocycles. The Morgan fingerprint density at radius 3 is 1.81 bits per heavy atom. The summed E-state index contributed by atoms with van der Waals surface area (Å²) in [6, 6.07) is -1.02. The number of rotatable bonds is 6. The zero-order chi connectivity index (χ0) is 22.9. The third-order valence-corrected chi connectivity index (χ3v) is 6.25. The normalized spacial score (nSPS) is 51.6. The number of aliphatic hydroxyl groups excluding tert-OH is 5. The van der Waals surface area contributed by atoms with Crippen molar-refractivity contribution >= 4 is 0 Å². The van der Waals surface area contributed by atoms with Crippen LogP contribution in [0.25, 0.3) is 0 Å². The van der Waals surface area contributed by atoms with Crippen LogP contribution in [0.1, 0.15) is 19.3 Å². The van der Waals surface area contributed by atoms with E-state index in [-0.39, 0.29) is 25.9 Å². The van der Waals surface area contributed by atoms with Crippen LogP contribution >= 0.6 is 0 Å². The van der Waals surface area contributed by atoms with Gasteiger partial charge in [0.05, 0.1) is 24.4 Å². The van der Waals surface area contributed by atoms with Crippen LogP contribution in [-0.2, 0) is 18.9 Å². The lowest BCUT2D eigenvalue weighted by atomic mass is 9.86. The molecular formula is C18H36N4O9. The molecule has 13 heteroatoms. The van der Waals surface area contributed by atoms with Crippen LogP contribution in [0, 0.1) is 0 Å². The predicted molar refractivity (Wildman–Crippen MR) is 105 cm³/mol. The second-order valence-electron chi connectivity index (χ2n) is 8.55. The summed E-state index contributed by atoms with van der Waals surface area (Å²) in [5.74, 6) is 0. The third kappa shape index (κ3) is 5.52. The molecule has 31 heavy (non-hydrogen) atoms. The highest BCUT2D eigenvalue weighted by Crippen LogP contribution is 2.30. The average molecular weight is 453 g/mol. The van der Waals surface area contributed by atoms with E-state index in [9.17, 15) is 25.5 Å². The summed E-state index contributed by atoms with van der Waals surface area (Å²) >= 11 is 0. The number of hydrogen-bond donors (Lipinski definition) is 9. The minimum atomic E-state index is -1.51. The molecule has 1 aliphatic carbocycles. The molecule has 182 valence electrons. The summed E-state index contributed by atoms with van der Waals surface area (Å²) in [7, 11) is 0. The van der Waals surface area contributed by atoms with Gasteiger partial charge in [-0.05, 0) is 6.42 Å². The molecule has 0 aromatic heterocycles. The van der Waals surface area contributed by atoms with Gasteiger partial charge in [-0.1, -0.05) is 0 Å². The molecule has 3 rings (SSSR count). The second kappa shape index (κ2) is 10.6. The van der Waals surface area contributed by atoms with E-state index in [4.69, 9.17) is 41.9 Å². The molecule has 0 radical (unpaired) electrons. The predicted octanol–water partition coefficient (Wildman–Crippen LogP) is -5.23. The number of ether oxygens (including phenoxy) is 4. The molecular weight excluding hydrogens is 416 g/mol. The van der Waals surface area contributed by atoms with Crippen LogP contribution in [0.2, 0.25) is 0 Å². The first-order valence-electron chi connectivity index (χ1n) is 10.6. The highest BCUT2D eigenvalue weighted by atomic mass is 16.7. The van der Waals surface area contributed by atoms with Gasteiger partial charge in [0.2, 0.25) is 0 Å². The zero-order valence-corrected chi connectivity index (χ0v) is 17.2. The first-order valence-corrected chi connectivity index (χ1v) is 10.6. The van der Waals surface area contributed by atoms with E-state index >= 15 is 0 Å². The smallest absolute Gasteiger partial charge is 0.186 e. The first kappa shape index (κ1) is 25.1. The van der Waals surface area contributed by atoms with Gasteiger partial charge in [0.1, 0.15) is 30.5 Å². The third-order valence-electron chi connectivity index (χ3n) is 6.25. The highest BCUT2D eigenvalue weighted by Gasteiger charge is 2.47. The van der Waals surface area contributed by atoms with Crippen molar-refractivity contribution < 1.29 is 44.5 Å². The van der Waals surface area contributed by atoms with Gasteiger partial charge in [-0.2, -0.15) is 0 Å². The van der Waals surface area contributed by atoms with E-state index < -0.39 is 79.6 Å². The average Bonchev–Trinajstić information content (AvgIpc) is 2.74. The van der Waals surface area contributed by atoms with Crippen LogP contribution in [0.3, 0.4) is 0 Å². The van der Waals surface area contributed by atoms with Crippen molar-refractivity contribution in [3.63, 3.8) is 0 Å². The van der Waals surface area contributed by atoms with Gasteiger partial charge in [0.15, 0.2) is 12.6 Å². The van der Waals surface area contributed by atoms with E-state index in [0.29, 0.717) is 6.42 Å². The van der Waals surface area contributed by atoms with Gasteiger partial charge in [-0.25, -0.2) is 0 Å². The maximum Gasteiger partial charge on any atom is 0.186 e. The summed E-state index contributed by atoms with van der Waals surface area (Å²) < 4.78 is 22.8. The van der Waals surface area contributed by atoms with E-state index in [1.165, 1.54) is 0 Å². The second-order valence-corrected chi connectivity index (χ2v) is 8.55. The Morgan fingerprint density at radius 1 is 0.677 bits per heavy atom. The molecule has 7 unspecified atom stereocenters. The lowest BCUT2D eigenvalue weighted by Gasteiger charge is -2.45. The molecule has 0 aromatic carbocycles.